The van der Waals surface area contributed by atoms with Crippen LogP contribution >= 0.6 is 0 Å². The van der Waals surface area contributed by atoms with Gasteiger partial charge in [0.2, 0.25) is 5.91 Å². The van der Waals surface area contributed by atoms with Crippen molar-refractivity contribution < 1.29 is 19.5 Å². The highest BCUT2D eigenvalue weighted by atomic mass is 16.4. The molecule has 0 saturated carbocycles. The highest BCUT2D eigenvalue weighted by Gasteiger charge is 2.31. The standard InChI is InChI=1S/C15H19N3O4/c1-17(10-13(19)20)14(21)12-3-2-8-18(9-12)15(22)11-4-6-16-7-5-11/h4-7,12H,2-3,8-10H2,1H3,(H,19,20). The lowest BCUT2D eigenvalue weighted by Crippen LogP contribution is -2.46. The van der Waals surface area contributed by atoms with E-state index in [0.717, 1.165) is 6.42 Å². The molecule has 1 aliphatic rings. The molecule has 1 saturated heterocycles. The van der Waals surface area contributed by atoms with Gasteiger partial charge in [-0.2, -0.15) is 0 Å². The Morgan fingerprint density at radius 2 is 2.05 bits per heavy atom. The number of amides is 2. The smallest absolute Gasteiger partial charge is 0.323 e. The monoisotopic (exact) mass is 305 g/mol. The van der Waals surface area contributed by atoms with E-state index in [9.17, 15) is 14.4 Å². The molecule has 0 bridgehead atoms. The van der Waals surface area contributed by atoms with Crippen molar-refractivity contribution >= 4 is 17.8 Å². The Morgan fingerprint density at radius 3 is 2.68 bits per heavy atom. The minimum atomic E-state index is -1.05. The number of carbonyl (C=O) groups is 3. The first-order valence-electron chi connectivity index (χ1n) is 7.15. The molecule has 1 aromatic heterocycles. The summed E-state index contributed by atoms with van der Waals surface area (Å²) in [7, 11) is 1.47. The maximum absolute atomic E-state index is 12.4. The number of pyridine rings is 1. The lowest BCUT2D eigenvalue weighted by atomic mass is 9.96. The van der Waals surface area contributed by atoms with Crippen molar-refractivity contribution in [3.63, 3.8) is 0 Å². The minimum absolute atomic E-state index is 0.124. The van der Waals surface area contributed by atoms with E-state index < -0.39 is 5.97 Å². The van der Waals surface area contributed by atoms with Crippen LogP contribution in [0.5, 0.6) is 0 Å². The van der Waals surface area contributed by atoms with Crippen LogP contribution in [-0.4, -0.2) is 64.4 Å². The van der Waals surface area contributed by atoms with E-state index in [4.69, 9.17) is 5.11 Å². The van der Waals surface area contributed by atoms with E-state index in [2.05, 4.69) is 4.98 Å². The third-order valence-corrected chi connectivity index (χ3v) is 3.73. The number of hydrogen-bond acceptors (Lipinski definition) is 4. The molecule has 0 aromatic carbocycles. The highest BCUT2D eigenvalue weighted by Crippen LogP contribution is 2.20. The van der Waals surface area contributed by atoms with Crippen molar-refractivity contribution in [1.29, 1.82) is 0 Å². The fraction of sp³-hybridized carbons (Fsp3) is 0.467. The number of carboxylic acid groups (broad SMARTS) is 1. The molecule has 0 radical (unpaired) electrons. The largest absolute Gasteiger partial charge is 0.480 e. The van der Waals surface area contributed by atoms with Crippen LogP contribution < -0.4 is 0 Å². The Balaban J connectivity index is 2.01. The van der Waals surface area contributed by atoms with Crippen LogP contribution in [0.4, 0.5) is 0 Å². The van der Waals surface area contributed by atoms with Crippen LogP contribution in [0.1, 0.15) is 23.2 Å². The molecule has 22 heavy (non-hydrogen) atoms. The van der Waals surface area contributed by atoms with Crippen molar-refractivity contribution in [2.24, 2.45) is 5.92 Å². The number of nitrogens with zero attached hydrogens (tertiary/aromatic N) is 3. The molecular formula is C15H19N3O4. The number of carboxylic acids is 1. The molecule has 1 unspecified atom stereocenters. The molecule has 7 nitrogen and oxygen atoms in total. The number of aliphatic carboxylic acids is 1. The van der Waals surface area contributed by atoms with Gasteiger partial charge < -0.3 is 14.9 Å². The molecule has 7 heteroatoms. The summed E-state index contributed by atoms with van der Waals surface area (Å²) in [6, 6.07) is 3.29. The average Bonchev–Trinajstić information content (AvgIpc) is 2.53. The molecule has 1 aromatic rings. The Kier molecular flexibility index (Phi) is 5.08. The number of rotatable bonds is 4. The van der Waals surface area contributed by atoms with E-state index in [1.54, 1.807) is 29.4 Å². The second kappa shape index (κ2) is 7.02. The molecule has 2 heterocycles. The molecule has 0 spiro atoms. The predicted octanol–water partition coefficient (Wildman–Crippen LogP) is 0.477. The Labute approximate surface area is 128 Å². The van der Waals surface area contributed by atoms with Gasteiger partial charge in [0, 0.05) is 38.1 Å². The first-order chi connectivity index (χ1) is 10.5. The van der Waals surface area contributed by atoms with E-state index in [1.165, 1.54) is 11.9 Å². The van der Waals surface area contributed by atoms with Crippen LogP contribution in [-0.2, 0) is 9.59 Å². The van der Waals surface area contributed by atoms with Crippen molar-refractivity contribution in [2.45, 2.75) is 12.8 Å². The van der Waals surface area contributed by atoms with Crippen molar-refractivity contribution in [1.82, 2.24) is 14.8 Å². The molecule has 1 atom stereocenters. The van der Waals surface area contributed by atoms with Gasteiger partial charge in [0.25, 0.3) is 5.91 Å². The summed E-state index contributed by atoms with van der Waals surface area (Å²) in [5.74, 6) is -1.74. The van der Waals surface area contributed by atoms with Crippen LogP contribution in [0.3, 0.4) is 0 Å². The molecule has 0 aliphatic carbocycles. The van der Waals surface area contributed by atoms with E-state index in [1.807, 2.05) is 0 Å². The SMILES string of the molecule is CN(CC(=O)O)C(=O)C1CCCN(C(=O)c2ccncc2)C1. The van der Waals surface area contributed by atoms with Crippen LogP contribution in [0, 0.1) is 5.92 Å². The summed E-state index contributed by atoms with van der Waals surface area (Å²) in [6.45, 7) is 0.602. The maximum Gasteiger partial charge on any atom is 0.323 e. The van der Waals surface area contributed by atoms with Gasteiger partial charge >= 0.3 is 5.97 Å². The van der Waals surface area contributed by atoms with Gasteiger partial charge in [0.1, 0.15) is 6.54 Å². The van der Waals surface area contributed by atoms with Crippen molar-refractivity contribution in [2.75, 3.05) is 26.7 Å². The van der Waals surface area contributed by atoms with Crippen LogP contribution in [0.2, 0.25) is 0 Å². The summed E-state index contributed by atoms with van der Waals surface area (Å²) < 4.78 is 0. The normalized spacial score (nSPS) is 17.9. The summed E-state index contributed by atoms with van der Waals surface area (Å²) in [6.07, 6.45) is 4.51. The summed E-state index contributed by atoms with van der Waals surface area (Å²) in [4.78, 5) is 42.1. The second-order valence-electron chi connectivity index (χ2n) is 5.41. The van der Waals surface area contributed by atoms with Gasteiger partial charge in [-0.1, -0.05) is 0 Å². The Hall–Kier alpha value is -2.44. The average molecular weight is 305 g/mol. The number of likely N-dealkylation sites (N-methyl/N-ethyl adjacent to an activating group) is 1. The van der Waals surface area contributed by atoms with Crippen LogP contribution in [0.15, 0.2) is 24.5 Å². The van der Waals surface area contributed by atoms with E-state index >= 15 is 0 Å². The topological polar surface area (TPSA) is 90.8 Å². The molecule has 2 amide bonds. The van der Waals surface area contributed by atoms with Gasteiger partial charge in [0.05, 0.1) is 5.92 Å². The van der Waals surface area contributed by atoms with E-state index in [-0.39, 0.29) is 24.3 Å². The summed E-state index contributed by atoms with van der Waals surface area (Å²) in [5.41, 5.74) is 0.544. The molecule has 118 valence electrons. The number of carbonyl (C=O) groups excluding carboxylic acids is 2. The lowest BCUT2D eigenvalue weighted by molar-refractivity contribution is -0.145. The zero-order valence-corrected chi connectivity index (χ0v) is 12.4. The lowest BCUT2D eigenvalue weighted by Gasteiger charge is -2.33. The molecule has 1 aliphatic heterocycles. The number of hydrogen-bond donors (Lipinski definition) is 1. The number of piperidine rings is 1. The van der Waals surface area contributed by atoms with Crippen molar-refractivity contribution in [3.8, 4) is 0 Å². The van der Waals surface area contributed by atoms with Gasteiger partial charge in [-0.25, -0.2) is 0 Å². The Morgan fingerprint density at radius 1 is 1.36 bits per heavy atom. The fourth-order valence-electron chi connectivity index (χ4n) is 2.63. The number of likely N-dealkylation sites (tertiary alicyclic amines) is 1. The quantitative estimate of drug-likeness (QED) is 0.873. The third-order valence-electron chi connectivity index (χ3n) is 3.73. The third kappa shape index (κ3) is 3.81. The fourth-order valence-corrected chi connectivity index (χ4v) is 2.63. The second-order valence-corrected chi connectivity index (χ2v) is 5.41. The first kappa shape index (κ1) is 15.9. The molecule has 1 N–H and O–H groups in total. The van der Waals surface area contributed by atoms with Gasteiger partial charge in [-0.05, 0) is 25.0 Å². The van der Waals surface area contributed by atoms with Crippen LogP contribution in [0.25, 0.3) is 0 Å². The first-order valence-corrected chi connectivity index (χ1v) is 7.15. The highest BCUT2D eigenvalue weighted by molar-refractivity contribution is 5.94. The van der Waals surface area contributed by atoms with Crippen molar-refractivity contribution in [3.05, 3.63) is 30.1 Å². The maximum atomic E-state index is 12.4. The summed E-state index contributed by atoms with van der Waals surface area (Å²) in [5, 5.41) is 8.76. The Bertz CT molecular complexity index is 561. The molecule has 1 fully saturated rings. The van der Waals surface area contributed by atoms with E-state index in [0.29, 0.717) is 25.1 Å². The zero-order chi connectivity index (χ0) is 16.1. The van der Waals surface area contributed by atoms with Gasteiger partial charge in [-0.3, -0.25) is 19.4 Å². The minimum Gasteiger partial charge on any atom is -0.480 e. The van der Waals surface area contributed by atoms with Gasteiger partial charge in [-0.15, -0.1) is 0 Å². The zero-order valence-electron chi connectivity index (χ0n) is 12.4. The summed E-state index contributed by atoms with van der Waals surface area (Å²) >= 11 is 0. The molecule has 2 rings (SSSR count). The van der Waals surface area contributed by atoms with Gasteiger partial charge in [0.15, 0.2) is 0 Å². The predicted molar refractivity (Wildman–Crippen MR) is 78.1 cm³/mol. The molecular weight excluding hydrogens is 286 g/mol. The number of aromatic nitrogens is 1.